The molecule has 0 atom stereocenters. The highest BCUT2D eigenvalue weighted by atomic mass is 16.5. The van der Waals surface area contributed by atoms with E-state index >= 15 is 0 Å². The third kappa shape index (κ3) is 4.80. The van der Waals surface area contributed by atoms with Gasteiger partial charge in [0.15, 0.2) is 0 Å². The number of hydrogen-bond acceptors (Lipinski definition) is 5. The zero-order valence-corrected chi connectivity index (χ0v) is 19.1. The Morgan fingerprint density at radius 3 is 2.44 bits per heavy atom. The van der Waals surface area contributed by atoms with Crippen molar-refractivity contribution in [3.63, 3.8) is 0 Å². The molecule has 4 aromatic rings. The van der Waals surface area contributed by atoms with E-state index in [0.29, 0.717) is 23.6 Å². The number of fused-ring (bicyclic) bond motifs is 1. The second-order valence-electron chi connectivity index (χ2n) is 9.06. The molecule has 32 heavy (non-hydrogen) atoms. The molecule has 6 nitrogen and oxygen atoms in total. The standard InChI is InChI=1S/C26H28N4O2/c1-17(31)14-20-15-22(12-13-27-20)32-21-10-11-24-23(16-21)29-25(30(24)5)28-19-8-6-18(7-9-19)26(2,3)4/h6-13,15-16H,14H2,1-5H3,(H,28,29). The number of ketones is 1. The van der Waals surface area contributed by atoms with E-state index in [9.17, 15) is 4.79 Å². The summed E-state index contributed by atoms with van der Waals surface area (Å²) in [6.45, 7) is 8.17. The van der Waals surface area contributed by atoms with Crippen molar-refractivity contribution in [3.05, 3.63) is 72.1 Å². The molecule has 0 spiro atoms. The molecule has 2 heterocycles. The van der Waals surface area contributed by atoms with E-state index in [4.69, 9.17) is 9.72 Å². The van der Waals surface area contributed by atoms with Crippen molar-refractivity contribution in [3.8, 4) is 11.5 Å². The molecule has 0 amide bonds. The summed E-state index contributed by atoms with van der Waals surface area (Å²) < 4.78 is 8.02. The fourth-order valence-corrected chi connectivity index (χ4v) is 3.54. The number of aryl methyl sites for hydroxylation is 1. The summed E-state index contributed by atoms with van der Waals surface area (Å²) in [5.41, 5.74) is 4.92. The molecule has 4 rings (SSSR count). The van der Waals surface area contributed by atoms with Gasteiger partial charge in [-0.15, -0.1) is 0 Å². The first-order valence-corrected chi connectivity index (χ1v) is 10.7. The molecule has 2 aromatic carbocycles. The maximum absolute atomic E-state index is 11.4. The molecule has 0 bridgehead atoms. The predicted octanol–water partition coefficient (Wildman–Crippen LogP) is 5.93. The molecule has 0 aliphatic heterocycles. The molecule has 0 saturated heterocycles. The Labute approximate surface area is 188 Å². The number of carbonyl (C=O) groups is 1. The summed E-state index contributed by atoms with van der Waals surface area (Å²) in [4.78, 5) is 20.3. The minimum Gasteiger partial charge on any atom is -0.457 e. The van der Waals surface area contributed by atoms with Gasteiger partial charge in [-0.2, -0.15) is 0 Å². The smallest absolute Gasteiger partial charge is 0.208 e. The molecule has 2 aromatic heterocycles. The SMILES string of the molecule is CC(=O)Cc1cc(Oc2ccc3c(c2)nc(Nc2ccc(C(C)(C)C)cc2)n3C)ccn1. The van der Waals surface area contributed by atoms with Gasteiger partial charge in [0.2, 0.25) is 5.95 Å². The van der Waals surface area contributed by atoms with E-state index in [2.05, 4.69) is 55.3 Å². The molecule has 0 aliphatic rings. The number of carbonyl (C=O) groups excluding carboxylic acids is 1. The predicted molar refractivity (Wildman–Crippen MR) is 128 cm³/mol. The van der Waals surface area contributed by atoms with E-state index in [1.807, 2.05) is 29.8 Å². The van der Waals surface area contributed by atoms with Crippen LogP contribution in [0.25, 0.3) is 11.0 Å². The number of benzene rings is 2. The molecule has 0 radical (unpaired) electrons. The number of anilines is 2. The molecular formula is C26H28N4O2. The molecule has 0 aliphatic carbocycles. The van der Waals surface area contributed by atoms with Crippen LogP contribution in [0.4, 0.5) is 11.6 Å². The molecule has 0 saturated carbocycles. The van der Waals surface area contributed by atoms with Gasteiger partial charge in [0.05, 0.1) is 16.7 Å². The first-order chi connectivity index (χ1) is 15.2. The highest BCUT2D eigenvalue weighted by molar-refractivity contribution is 5.81. The zero-order chi connectivity index (χ0) is 22.9. The Balaban J connectivity index is 1.55. The van der Waals surface area contributed by atoms with E-state index in [1.165, 1.54) is 5.56 Å². The molecule has 6 heteroatoms. The third-order valence-electron chi connectivity index (χ3n) is 5.31. The van der Waals surface area contributed by atoms with Gasteiger partial charge < -0.3 is 14.6 Å². The second kappa shape index (κ2) is 8.46. The van der Waals surface area contributed by atoms with Crippen molar-refractivity contribution in [2.24, 2.45) is 7.05 Å². The maximum Gasteiger partial charge on any atom is 0.208 e. The van der Waals surface area contributed by atoms with Gasteiger partial charge in [-0.25, -0.2) is 4.98 Å². The van der Waals surface area contributed by atoms with Crippen LogP contribution in [-0.2, 0) is 23.7 Å². The Morgan fingerprint density at radius 1 is 1.03 bits per heavy atom. The van der Waals surface area contributed by atoms with Crippen LogP contribution in [0.5, 0.6) is 11.5 Å². The Kier molecular flexibility index (Phi) is 5.70. The lowest BCUT2D eigenvalue weighted by Gasteiger charge is -2.19. The summed E-state index contributed by atoms with van der Waals surface area (Å²) in [7, 11) is 1.98. The van der Waals surface area contributed by atoms with Crippen molar-refractivity contribution in [2.75, 3.05) is 5.32 Å². The lowest BCUT2D eigenvalue weighted by molar-refractivity contribution is -0.116. The van der Waals surface area contributed by atoms with Crippen LogP contribution in [0.3, 0.4) is 0 Å². The summed E-state index contributed by atoms with van der Waals surface area (Å²) >= 11 is 0. The Hall–Kier alpha value is -3.67. The average molecular weight is 429 g/mol. The number of pyridine rings is 1. The number of nitrogens with zero attached hydrogens (tertiary/aromatic N) is 3. The van der Waals surface area contributed by atoms with Crippen molar-refractivity contribution in [1.82, 2.24) is 14.5 Å². The fourth-order valence-electron chi connectivity index (χ4n) is 3.54. The highest BCUT2D eigenvalue weighted by Gasteiger charge is 2.14. The van der Waals surface area contributed by atoms with Gasteiger partial charge >= 0.3 is 0 Å². The lowest BCUT2D eigenvalue weighted by atomic mass is 9.87. The van der Waals surface area contributed by atoms with Gasteiger partial charge in [-0.1, -0.05) is 32.9 Å². The van der Waals surface area contributed by atoms with E-state index in [0.717, 1.165) is 22.7 Å². The summed E-state index contributed by atoms with van der Waals surface area (Å²) in [6.07, 6.45) is 1.95. The minimum absolute atomic E-state index is 0.0673. The van der Waals surface area contributed by atoms with Crippen LogP contribution >= 0.6 is 0 Å². The zero-order valence-electron chi connectivity index (χ0n) is 19.1. The number of nitrogens with one attached hydrogen (secondary N) is 1. The molecule has 1 N–H and O–H groups in total. The minimum atomic E-state index is 0.0673. The molecule has 0 fully saturated rings. The van der Waals surface area contributed by atoms with E-state index in [1.54, 1.807) is 25.3 Å². The summed E-state index contributed by atoms with van der Waals surface area (Å²) in [6, 6.07) is 17.8. The van der Waals surface area contributed by atoms with E-state index in [-0.39, 0.29) is 11.2 Å². The van der Waals surface area contributed by atoms with Gasteiger partial charge in [0, 0.05) is 37.5 Å². The first kappa shape index (κ1) is 21.6. The number of Topliss-reactive ketones (excluding diaryl/α,β-unsaturated/α-hetero) is 1. The van der Waals surface area contributed by atoms with Crippen LogP contribution in [0, 0.1) is 0 Å². The molecular weight excluding hydrogens is 400 g/mol. The number of hydrogen-bond donors (Lipinski definition) is 1. The molecule has 0 unspecified atom stereocenters. The monoisotopic (exact) mass is 428 g/mol. The quantitative estimate of drug-likeness (QED) is 0.412. The average Bonchev–Trinajstić information content (AvgIpc) is 3.02. The van der Waals surface area contributed by atoms with Gasteiger partial charge in [-0.3, -0.25) is 9.78 Å². The Morgan fingerprint density at radius 2 is 1.75 bits per heavy atom. The van der Waals surface area contributed by atoms with Crippen LogP contribution in [-0.4, -0.2) is 20.3 Å². The van der Waals surface area contributed by atoms with Crippen LogP contribution in [0.2, 0.25) is 0 Å². The van der Waals surface area contributed by atoms with Crippen LogP contribution < -0.4 is 10.1 Å². The summed E-state index contributed by atoms with van der Waals surface area (Å²) in [5, 5.41) is 3.41. The van der Waals surface area contributed by atoms with Crippen molar-refractivity contribution < 1.29 is 9.53 Å². The van der Waals surface area contributed by atoms with Crippen LogP contribution in [0.1, 0.15) is 39.0 Å². The fraction of sp³-hybridized carbons (Fsp3) is 0.269. The third-order valence-corrected chi connectivity index (χ3v) is 5.31. The topological polar surface area (TPSA) is 69.0 Å². The number of aromatic nitrogens is 3. The van der Waals surface area contributed by atoms with Gasteiger partial charge in [0.25, 0.3) is 0 Å². The first-order valence-electron chi connectivity index (χ1n) is 10.7. The van der Waals surface area contributed by atoms with Gasteiger partial charge in [0.1, 0.15) is 17.3 Å². The summed E-state index contributed by atoms with van der Waals surface area (Å²) in [5.74, 6) is 2.14. The number of rotatable bonds is 6. The number of ether oxygens (including phenoxy) is 1. The maximum atomic E-state index is 11.4. The second-order valence-corrected chi connectivity index (χ2v) is 9.06. The molecule has 164 valence electrons. The van der Waals surface area contributed by atoms with Crippen molar-refractivity contribution >= 4 is 28.5 Å². The van der Waals surface area contributed by atoms with Gasteiger partial charge in [-0.05, 0) is 48.2 Å². The van der Waals surface area contributed by atoms with Crippen LogP contribution in [0.15, 0.2) is 60.8 Å². The lowest BCUT2D eigenvalue weighted by Crippen LogP contribution is -2.10. The number of imidazole rings is 1. The Bertz CT molecular complexity index is 1270. The van der Waals surface area contributed by atoms with E-state index < -0.39 is 0 Å². The highest BCUT2D eigenvalue weighted by Crippen LogP contribution is 2.29. The van der Waals surface area contributed by atoms with Crippen molar-refractivity contribution in [1.29, 1.82) is 0 Å². The van der Waals surface area contributed by atoms with Crippen molar-refractivity contribution in [2.45, 2.75) is 39.5 Å². The largest absolute Gasteiger partial charge is 0.457 e. The normalized spacial score (nSPS) is 11.5.